The summed E-state index contributed by atoms with van der Waals surface area (Å²) in [6, 6.07) is 14.4. The molecule has 0 heterocycles. The maximum Gasteiger partial charge on any atom is 0.268 e. The second kappa shape index (κ2) is 11.0. The van der Waals surface area contributed by atoms with Crippen molar-refractivity contribution in [2.45, 2.75) is 24.8 Å². The van der Waals surface area contributed by atoms with Crippen LogP contribution in [0.25, 0.3) is 0 Å². The van der Waals surface area contributed by atoms with Crippen molar-refractivity contribution in [3.63, 3.8) is 0 Å². The van der Waals surface area contributed by atoms with Crippen molar-refractivity contribution in [1.29, 1.82) is 0 Å². The molecule has 1 N–H and O–H groups in total. The van der Waals surface area contributed by atoms with Crippen LogP contribution in [0.3, 0.4) is 0 Å². The van der Waals surface area contributed by atoms with Gasteiger partial charge in [-0.05, 0) is 67.4 Å². The highest BCUT2D eigenvalue weighted by Crippen LogP contribution is 2.34. The number of nitrogens with zero attached hydrogens (tertiary/aromatic N) is 1. The van der Waals surface area contributed by atoms with Gasteiger partial charge < -0.3 is 14.8 Å². The van der Waals surface area contributed by atoms with Gasteiger partial charge >= 0.3 is 0 Å². The summed E-state index contributed by atoms with van der Waals surface area (Å²) in [5.74, 6) is -0.465. The summed E-state index contributed by atoms with van der Waals surface area (Å²) >= 11 is 6.26. The molecule has 1 unspecified atom stereocenters. The van der Waals surface area contributed by atoms with Crippen molar-refractivity contribution in [3.05, 3.63) is 82.6 Å². The van der Waals surface area contributed by atoms with Crippen molar-refractivity contribution in [2.24, 2.45) is 0 Å². The Morgan fingerprint density at radius 1 is 1.03 bits per heavy atom. The minimum atomic E-state index is -4.26. The second-order valence-electron chi connectivity index (χ2n) is 7.83. The van der Waals surface area contributed by atoms with E-state index < -0.39 is 34.3 Å². The lowest BCUT2D eigenvalue weighted by atomic mass is 10.1. The van der Waals surface area contributed by atoms with E-state index >= 15 is 0 Å². The third kappa shape index (κ3) is 6.04. The van der Waals surface area contributed by atoms with E-state index in [1.165, 1.54) is 50.6 Å². The zero-order chi connectivity index (χ0) is 25.8. The van der Waals surface area contributed by atoms with E-state index in [9.17, 15) is 17.6 Å². The van der Waals surface area contributed by atoms with Gasteiger partial charge in [-0.1, -0.05) is 29.8 Å². The highest BCUT2D eigenvalue weighted by molar-refractivity contribution is 7.93. The molecule has 0 spiro atoms. The van der Waals surface area contributed by atoms with E-state index in [-0.39, 0.29) is 21.4 Å². The van der Waals surface area contributed by atoms with Crippen LogP contribution < -0.4 is 19.1 Å². The number of hydrogen-bond donors (Lipinski definition) is 1. The van der Waals surface area contributed by atoms with E-state index in [2.05, 4.69) is 5.32 Å². The van der Waals surface area contributed by atoms with Gasteiger partial charge in [0, 0.05) is 0 Å². The molecule has 0 aromatic heterocycles. The van der Waals surface area contributed by atoms with Crippen LogP contribution in [0.15, 0.2) is 65.6 Å². The number of rotatable bonds is 9. The number of methoxy groups -OCH3 is 2. The first-order valence-corrected chi connectivity index (χ1v) is 12.4. The Kier molecular flexibility index (Phi) is 8.24. The number of carbonyl (C=O) groups excluding carboxylic acids is 1. The zero-order valence-corrected chi connectivity index (χ0v) is 21.3. The number of benzene rings is 3. The quantitative estimate of drug-likeness (QED) is 0.435. The van der Waals surface area contributed by atoms with E-state index in [4.69, 9.17) is 21.1 Å². The molecular formula is C25H26ClFN2O5S. The average Bonchev–Trinajstić information content (AvgIpc) is 2.82. The Balaban J connectivity index is 2.00. The monoisotopic (exact) mass is 520 g/mol. The number of halogens is 2. The summed E-state index contributed by atoms with van der Waals surface area (Å²) in [6.45, 7) is 2.94. The normalized spacial score (nSPS) is 12.1. The van der Waals surface area contributed by atoms with Gasteiger partial charge in [-0.25, -0.2) is 12.8 Å². The molecule has 0 radical (unpaired) electrons. The maximum atomic E-state index is 13.8. The maximum absolute atomic E-state index is 13.8. The lowest BCUT2D eigenvalue weighted by Crippen LogP contribution is -2.41. The number of hydrogen-bond acceptors (Lipinski definition) is 5. The lowest BCUT2D eigenvalue weighted by Gasteiger charge is -2.26. The Morgan fingerprint density at radius 2 is 1.66 bits per heavy atom. The van der Waals surface area contributed by atoms with Crippen molar-refractivity contribution < 1.29 is 27.1 Å². The van der Waals surface area contributed by atoms with Gasteiger partial charge in [0.2, 0.25) is 5.91 Å². The molecule has 3 aromatic carbocycles. The molecule has 0 fully saturated rings. The number of ether oxygens (including phenoxy) is 2. The van der Waals surface area contributed by atoms with Crippen LogP contribution in [0.4, 0.5) is 10.1 Å². The van der Waals surface area contributed by atoms with Gasteiger partial charge in [0.1, 0.15) is 28.8 Å². The van der Waals surface area contributed by atoms with E-state index in [0.29, 0.717) is 16.9 Å². The van der Waals surface area contributed by atoms with E-state index in [1.54, 1.807) is 38.1 Å². The van der Waals surface area contributed by atoms with Crippen LogP contribution in [0.5, 0.6) is 11.5 Å². The molecule has 0 aliphatic rings. The summed E-state index contributed by atoms with van der Waals surface area (Å²) in [5, 5.41) is 2.94. The molecule has 0 aliphatic carbocycles. The molecular weight excluding hydrogens is 495 g/mol. The molecule has 0 saturated heterocycles. The minimum Gasteiger partial charge on any atom is -0.495 e. The molecule has 0 aliphatic heterocycles. The first-order chi connectivity index (χ1) is 16.6. The molecule has 0 saturated carbocycles. The van der Waals surface area contributed by atoms with Crippen LogP contribution in [0.1, 0.15) is 24.1 Å². The van der Waals surface area contributed by atoms with Crippen LogP contribution >= 0.6 is 11.6 Å². The number of sulfonamides is 1. The third-order valence-electron chi connectivity index (χ3n) is 5.35. The predicted octanol–water partition coefficient (Wildman–Crippen LogP) is 4.88. The zero-order valence-electron chi connectivity index (χ0n) is 19.7. The minimum absolute atomic E-state index is 0.0914. The SMILES string of the molecule is COc1ccc(N(CC(=O)NC(C)c2ccc(F)cc2)S(=O)(=O)c2cc(C)ccc2OC)cc1Cl. The van der Waals surface area contributed by atoms with Gasteiger partial charge in [0.15, 0.2) is 0 Å². The molecule has 3 rings (SSSR count). The van der Waals surface area contributed by atoms with Crippen LogP contribution in [0, 0.1) is 12.7 Å². The Hall–Kier alpha value is -3.30. The topological polar surface area (TPSA) is 84.9 Å². The van der Waals surface area contributed by atoms with Gasteiger partial charge in [-0.2, -0.15) is 0 Å². The van der Waals surface area contributed by atoms with Gasteiger partial charge in [-0.15, -0.1) is 0 Å². The lowest BCUT2D eigenvalue weighted by molar-refractivity contribution is -0.120. The Bertz CT molecular complexity index is 1320. The standard InChI is InChI=1S/C25H26ClFN2O5S/c1-16-5-11-23(34-4)24(13-16)35(31,32)29(20-10-12-22(33-3)21(26)14-20)15-25(30)28-17(2)18-6-8-19(27)9-7-18/h5-14,17H,15H2,1-4H3,(H,28,30). The molecule has 10 heteroatoms. The smallest absolute Gasteiger partial charge is 0.268 e. The van der Waals surface area contributed by atoms with Gasteiger partial charge in [0.25, 0.3) is 10.0 Å². The van der Waals surface area contributed by atoms with E-state index in [1.807, 2.05) is 0 Å². The number of anilines is 1. The summed E-state index contributed by atoms with van der Waals surface area (Å²) in [5.41, 5.74) is 1.54. The molecule has 1 amide bonds. The van der Waals surface area contributed by atoms with Crippen molar-refractivity contribution >= 4 is 33.2 Å². The average molecular weight is 521 g/mol. The Labute approximate surface area is 209 Å². The summed E-state index contributed by atoms with van der Waals surface area (Å²) in [7, 11) is -1.45. The third-order valence-corrected chi connectivity index (χ3v) is 7.44. The fraction of sp³-hybridized carbons (Fsp3) is 0.240. The summed E-state index contributed by atoms with van der Waals surface area (Å²) in [4.78, 5) is 12.9. The number of aryl methyl sites for hydroxylation is 1. The van der Waals surface area contributed by atoms with Crippen molar-refractivity contribution in [1.82, 2.24) is 5.32 Å². The van der Waals surface area contributed by atoms with Crippen LogP contribution in [0.2, 0.25) is 5.02 Å². The fourth-order valence-electron chi connectivity index (χ4n) is 3.48. The van der Waals surface area contributed by atoms with Crippen molar-refractivity contribution in [3.8, 4) is 11.5 Å². The van der Waals surface area contributed by atoms with Gasteiger partial charge in [0.05, 0.1) is 31.0 Å². The largest absolute Gasteiger partial charge is 0.495 e. The van der Waals surface area contributed by atoms with Crippen LogP contribution in [-0.4, -0.2) is 35.1 Å². The van der Waals surface area contributed by atoms with E-state index in [0.717, 1.165) is 4.31 Å². The molecule has 7 nitrogen and oxygen atoms in total. The molecule has 186 valence electrons. The number of nitrogens with one attached hydrogen (secondary N) is 1. The first kappa shape index (κ1) is 26.3. The molecule has 0 bridgehead atoms. The number of carbonyl (C=O) groups is 1. The molecule has 3 aromatic rings. The summed E-state index contributed by atoms with van der Waals surface area (Å²) in [6.07, 6.45) is 0. The Morgan fingerprint density at radius 3 is 2.26 bits per heavy atom. The number of amides is 1. The molecule has 35 heavy (non-hydrogen) atoms. The fourth-order valence-corrected chi connectivity index (χ4v) is 5.39. The predicted molar refractivity (Wildman–Crippen MR) is 133 cm³/mol. The highest BCUT2D eigenvalue weighted by Gasteiger charge is 2.31. The van der Waals surface area contributed by atoms with Gasteiger partial charge in [-0.3, -0.25) is 9.10 Å². The first-order valence-electron chi connectivity index (χ1n) is 10.6. The van der Waals surface area contributed by atoms with Crippen LogP contribution in [-0.2, 0) is 14.8 Å². The second-order valence-corrected chi connectivity index (χ2v) is 10.1. The summed E-state index contributed by atoms with van der Waals surface area (Å²) < 4.78 is 52.3. The van der Waals surface area contributed by atoms with Crippen molar-refractivity contribution in [2.75, 3.05) is 25.1 Å². The highest BCUT2D eigenvalue weighted by atomic mass is 35.5. The molecule has 1 atom stereocenters.